The fourth-order valence-electron chi connectivity index (χ4n) is 2.88. The molecule has 104 valence electrons. The molecule has 0 radical (unpaired) electrons. The predicted octanol–water partition coefficient (Wildman–Crippen LogP) is -0.708. The van der Waals surface area contributed by atoms with Crippen molar-refractivity contribution >= 4 is 0 Å². The first-order valence-electron chi connectivity index (χ1n) is 6.75. The summed E-state index contributed by atoms with van der Waals surface area (Å²) >= 11 is 0. The van der Waals surface area contributed by atoms with Crippen LogP contribution in [-0.2, 0) is 0 Å². The Balaban J connectivity index is 2.03. The zero-order chi connectivity index (χ0) is 13.1. The van der Waals surface area contributed by atoms with Gasteiger partial charge in [-0.1, -0.05) is 25.3 Å². The summed E-state index contributed by atoms with van der Waals surface area (Å²) in [7, 11) is 0. The number of hydrogen-bond donors (Lipinski definition) is 5. The maximum atomic E-state index is 9.95. The minimum absolute atomic E-state index is 0.298. The van der Waals surface area contributed by atoms with Crippen LogP contribution in [0, 0.1) is 0 Å². The van der Waals surface area contributed by atoms with Gasteiger partial charge in [-0.3, -0.25) is 0 Å². The van der Waals surface area contributed by atoms with E-state index in [9.17, 15) is 15.3 Å². The van der Waals surface area contributed by atoms with Crippen molar-refractivity contribution in [2.45, 2.75) is 62.5 Å². The van der Waals surface area contributed by atoms with Gasteiger partial charge in [-0.05, 0) is 18.4 Å². The van der Waals surface area contributed by atoms with Crippen molar-refractivity contribution < 1.29 is 20.4 Å². The Bertz CT molecular complexity index is 301. The second kappa shape index (κ2) is 6.12. The van der Waals surface area contributed by atoms with Crippen LogP contribution in [0.4, 0.5) is 0 Å². The summed E-state index contributed by atoms with van der Waals surface area (Å²) in [6, 6.07) is -0.0503. The minimum Gasteiger partial charge on any atom is -0.392 e. The van der Waals surface area contributed by atoms with E-state index in [-0.39, 0.29) is 6.61 Å². The monoisotopic (exact) mass is 257 g/mol. The molecule has 2 aliphatic rings. The Morgan fingerprint density at radius 3 is 2.33 bits per heavy atom. The number of rotatable bonds is 3. The highest BCUT2D eigenvalue weighted by atomic mass is 16.4. The van der Waals surface area contributed by atoms with Crippen LogP contribution in [0.1, 0.15) is 32.1 Å². The molecule has 5 heteroatoms. The van der Waals surface area contributed by atoms with Gasteiger partial charge in [-0.2, -0.15) is 0 Å². The lowest BCUT2D eigenvalue weighted by atomic mass is 9.86. The molecule has 2 aliphatic carbocycles. The SMILES string of the molecule is OCC1=C[C@H](NC2CCCCC2)[C@H](O)[C@H](O)C1O. The molecule has 0 saturated heterocycles. The van der Waals surface area contributed by atoms with Crippen molar-refractivity contribution in [1.29, 1.82) is 0 Å². The Labute approximate surface area is 107 Å². The smallest absolute Gasteiger partial charge is 0.111 e. The third kappa shape index (κ3) is 2.92. The molecule has 1 unspecified atom stereocenters. The first kappa shape index (κ1) is 14.0. The van der Waals surface area contributed by atoms with E-state index in [1.54, 1.807) is 6.08 Å². The molecule has 0 amide bonds. The van der Waals surface area contributed by atoms with Gasteiger partial charge in [-0.25, -0.2) is 0 Å². The van der Waals surface area contributed by atoms with Gasteiger partial charge in [0, 0.05) is 6.04 Å². The molecule has 0 heterocycles. The largest absolute Gasteiger partial charge is 0.392 e. The molecule has 0 aromatic carbocycles. The Kier molecular flexibility index (Phi) is 4.75. The van der Waals surface area contributed by atoms with Crippen molar-refractivity contribution in [2.75, 3.05) is 6.61 Å². The molecule has 5 N–H and O–H groups in total. The summed E-state index contributed by atoms with van der Waals surface area (Å²) in [4.78, 5) is 0. The molecule has 0 aromatic heterocycles. The third-order valence-corrected chi connectivity index (χ3v) is 4.03. The second-order valence-corrected chi connectivity index (χ2v) is 5.35. The lowest BCUT2D eigenvalue weighted by Crippen LogP contribution is -2.56. The minimum atomic E-state index is -1.24. The topological polar surface area (TPSA) is 93.0 Å². The van der Waals surface area contributed by atoms with Crippen LogP contribution in [0.3, 0.4) is 0 Å². The van der Waals surface area contributed by atoms with Gasteiger partial charge in [0.25, 0.3) is 0 Å². The first-order valence-corrected chi connectivity index (χ1v) is 6.75. The van der Waals surface area contributed by atoms with E-state index in [0.717, 1.165) is 12.8 Å². The van der Waals surface area contributed by atoms with E-state index in [4.69, 9.17) is 5.11 Å². The highest BCUT2D eigenvalue weighted by Crippen LogP contribution is 2.23. The van der Waals surface area contributed by atoms with Crippen molar-refractivity contribution in [3.8, 4) is 0 Å². The quantitative estimate of drug-likeness (QED) is 0.431. The molecule has 2 rings (SSSR count). The van der Waals surface area contributed by atoms with Gasteiger partial charge in [-0.15, -0.1) is 0 Å². The maximum absolute atomic E-state index is 9.95. The van der Waals surface area contributed by atoms with Crippen molar-refractivity contribution in [1.82, 2.24) is 5.32 Å². The third-order valence-electron chi connectivity index (χ3n) is 4.03. The Morgan fingerprint density at radius 1 is 1.06 bits per heavy atom. The van der Waals surface area contributed by atoms with Crippen LogP contribution >= 0.6 is 0 Å². The summed E-state index contributed by atoms with van der Waals surface area (Å²) in [5, 5.41) is 41.8. The molecular weight excluding hydrogens is 234 g/mol. The fraction of sp³-hybridized carbons (Fsp3) is 0.846. The lowest BCUT2D eigenvalue weighted by Gasteiger charge is -2.37. The number of aliphatic hydroxyl groups excluding tert-OH is 4. The molecule has 0 bridgehead atoms. The van der Waals surface area contributed by atoms with Crippen molar-refractivity contribution in [2.24, 2.45) is 0 Å². The molecule has 0 aromatic rings. The first-order chi connectivity index (χ1) is 8.63. The molecule has 1 saturated carbocycles. The average Bonchev–Trinajstić information content (AvgIpc) is 2.40. The van der Waals surface area contributed by atoms with E-state index in [2.05, 4.69) is 5.32 Å². The molecule has 5 nitrogen and oxygen atoms in total. The van der Waals surface area contributed by atoms with E-state index in [1.165, 1.54) is 19.3 Å². The van der Waals surface area contributed by atoms with Crippen LogP contribution in [-0.4, -0.2) is 57.4 Å². The van der Waals surface area contributed by atoms with Crippen LogP contribution in [0.2, 0.25) is 0 Å². The molecule has 18 heavy (non-hydrogen) atoms. The summed E-state index contributed by atoms with van der Waals surface area (Å²) in [5.74, 6) is 0. The van der Waals surface area contributed by atoms with E-state index in [0.29, 0.717) is 11.6 Å². The van der Waals surface area contributed by atoms with Crippen LogP contribution in [0.25, 0.3) is 0 Å². The molecule has 0 aliphatic heterocycles. The maximum Gasteiger partial charge on any atom is 0.111 e. The number of aliphatic hydroxyl groups is 4. The predicted molar refractivity (Wildman–Crippen MR) is 67.0 cm³/mol. The number of hydrogen-bond acceptors (Lipinski definition) is 5. The summed E-state index contributed by atoms with van der Waals surface area (Å²) in [6.45, 7) is -0.298. The standard InChI is InChI=1S/C13H23NO4/c15-7-8-6-10(12(17)13(18)11(8)16)14-9-4-2-1-3-5-9/h6,9-18H,1-5,7H2/t10-,11?,12-,13+/m0/s1. The highest BCUT2D eigenvalue weighted by Gasteiger charge is 2.37. The molecular formula is C13H23NO4. The Hall–Kier alpha value is -0.460. The number of nitrogens with one attached hydrogen (secondary N) is 1. The van der Waals surface area contributed by atoms with Gasteiger partial charge in [0.05, 0.1) is 12.6 Å². The van der Waals surface area contributed by atoms with Gasteiger partial charge < -0.3 is 25.7 Å². The summed E-state index contributed by atoms with van der Waals surface area (Å²) < 4.78 is 0. The summed E-state index contributed by atoms with van der Waals surface area (Å²) in [6.07, 6.45) is 3.98. The van der Waals surface area contributed by atoms with Crippen LogP contribution in [0.15, 0.2) is 11.6 Å². The fourth-order valence-corrected chi connectivity index (χ4v) is 2.88. The Morgan fingerprint density at radius 2 is 1.72 bits per heavy atom. The van der Waals surface area contributed by atoms with E-state index in [1.807, 2.05) is 0 Å². The zero-order valence-corrected chi connectivity index (χ0v) is 10.5. The molecule has 4 atom stereocenters. The van der Waals surface area contributed by atoms with Crippen LogP contribution in [0.5, 0.6) is 0 Å². The van der Waals surface area contributed by atoms with Crippen molar-refractivity contribution in [3.05, 3.63) is 11.6 Å². The normalized spacial score (nSPS) is 38.6. The summed E-state index contributed by atoms with van der Waals surface area (Å²) in [5.41, 5.74) is 0.376. The molecule has 1 fully saturated rings. The average molecular weight is 257 g/mol. The molecule has 0 spiro atoms. The van der Waals surface area contributed by atoms with Gasteiger partial charge in [0.1, 0.15) is 18.3 Å². The van der Waals surface area contributed by atoms with Gasteiger partial charge in [0.2, 0.25) is 0 Å². The van der Waals surface area contributed by atoms with Gasteiger partial charge in [0.15, 0.2) is 0 Å². The highest BCUT2D eigenvalue weighted by molar-refractivity contribution is 5.21. The lowest BCUT2D eigenvalue weighted by molar-refractivity contribution is -0.0657. The zero-order valence-electron chi connectivity index (χ0n) is 10.5. The van der Waals surface area contributed by atoms with E-state index >= 15 is 0 Å². The second-order valence-electron chi connectivity index (χ2n) is 5.35. The van der Waals surface area contributed by atoms with Crippen molar-refractivity contribution in [3.63, 3.8) is 0 Å². The van der Waals surface area contributed by atoms with E-state index < -0.39 is 24.4 Å². The van der Waals surface area contributed by atoms with Crippen LogP contribution < -0.4 is 5.32 Å². The van der Waals surface area contributed by atoms with Gasteiger partial charge >= 0.3 is 0 Å².